The highest BCUT2D eigenvalue weighted by Gasteiger charge is 2.62. The molecule has 0 bridgehead atoms. The minimum atomic E-state index is -0.0666. The van der Waals surface area contributed by atoms with Gasteiger partial charge in [-0.15, -0.1) is 6.42 Å². The molecule has 0 radical (unpaired) electrons. The Labute approximate surface area is 152 Å². The van der Waals surface area contributed by atoms with Gasteiger partial charge in [-0.25, -0.2) is 0 Å². The molecule has 0 N–H and O–H groups in total. The lowest BCUT2D eigenvalue weighted by Crippen LogP contribution is -2.57. The van der Waals surface area contributed by atoms with Crippen LogP contribution in [0.2, 0.25) is 0 Å². The molecular formula is C23H31NO. The van der Waals surface area contributed by atoms with Crippen LogP contribution in [0.5, 0.6) is 5.75 Å². The molecule has 0 amide bonds. The molecule has 4 rings (SSSR count). The lowest BCUT2D eigenvalue weighted by Gasteiger charge is -2.55. The van der Waals surface area contributed by atoms with Crippen LogP contribution in [-0.2, 0) is 6.42 Å². The molecule has 0 aromatic heterocycles. The van der Waals surface area contributed by atoms with Crippen molar-refractivity contribution >= 4 is 0 Å². The first kappa shape index (κ1) is 17.0. The van der Waals surface area contributed by atoms with Crippen LogP contribution in [0.1, 0.15) is 56.1 Å². The largest absolute Gasteiger partial charge is 0.497 e. The van der Waals surface area contributed by atoms with Crippen molar-refractivity contribution < 1.29 is 4.74 Å². The normalized spacial score (nSPS) is 39.3. The standard InChI is InChI=1S/C23H31NO/c1-6-23(24(3)4)14-12-21-20-9-7-16-15-17(25-5)8-10-18(16)19(20)11-13-22(21,23)2/h1,8,10,15,19-21H,7,9,11-14H2,2-5H3/t19-,20+,21+,22-,23-/m1/s1. The average Bonchev–Trinajstić information content (AvgIpc) is 2.94. The van der Waals surface area contributed by atoms with Crippen LogP contribution in [0, 0.1) is 29.6 Å². The van der Waals surface area contributed by atoms with Gasteiger partial charge in [-0.05, 0) is 93.6 Å². The van der Waals surface area contributed by atoms with Gasteiger partial charge in [-0.2, -0.15) is 0 Å². The number of rotatable bonds is 2. The molecule has 3 aliphatic rings. The van der Waals surface area contributed by atoms with Gasteiger partial charge in [-0.1, -0.05) is 18.9 Å². The Hall–Kier alpha value is -1.46. The molecule has 2 fully saturated rings. The number of methoxy groups -OCH3 is 1. The van der Waals surface area contributed by atoms with Gasteiger partial charge in [0.1, 0.15) is 5.75 Å². The van der Waals surface area contributed by atoms with Crippen molar-refractivity contribution in [2.75, 3.05) is 21.2 Å². The molecule has 0 unspecified atom stereocenters. The molecule has 2 heteroatoms. The summed E-state index contributed by atoms with van der Waals surface area (Å²) in [5.41, 5.74) is 3.28. The van der Waals surface area contributed by atoms with Gasteiger partial charge in [0, 0.05) is 5.41 Å². The first-order valence-corrected chi connectivity index (χ1v) is 9.79. The number of hydrogen-bond donors (Lipinski definition) is 0. The highest BCUT2D eigenvalue weighted by molar-refractivity contribution is 5.41. The predicted molar refractivity (Wildman–Crippen MR) is 103 cm³/mol. The lowest BCUT2D eigenvalue weighted by molar-refractivity contribution is -0.0162. The van der Waals surface area contributed by atoms with Gasteiger partial charge >= 0.3 is 0 Å². The van der Waals surface area contributed by atoms with Crippen molar-refractivity contribution in [3.05, 3.63) is 29.3 Å². The van der Waals surface area contributed by atoms with Crippen LogP contribution in [0.3, 0.4) is 0 Å². The van der Waals surface area contributed by atoms with Gasteiger partial charge in [0.15, 0.2) is 0 Å². The number of fused-ring (bicyclic) bond motifs is 5. The van der Waals surface area contributed by atoms with Crippen molar-refractivity contribution in [1.29, 1.82) is 0 Å². The van der Waals surface area contributed by atoms with E-state index in [9.17, 15) is 0 Å². The Morgan fingerprint density at radius 3 is 2.68 bits per heavy atom. The number of benzene rings is 1. The summed E-state index contributed by atoms with van der Waals surface area (Å²) in [6.07, 6.45) is 13.6. The fourth-order valence-corrected chi connectivity index (χ4v) is 6.80. The monoisotopic (exact) mass is 337 g/mol. The quantitative estimate of drug-likeness (QED) is 0.738. The number of ether oxygens (including phenoxy) is 1. The molecular weight excluding hydrogens is 306 g/mol. The number of terminal acetylenes is 1. The Balaban J connectivity index is 1.70. The molecule has 0 heterocycles. The molecule has 2 nitrogen and oxygen atoms in total. The summed E-state index contributed by atoms with van der Waals surface area (Å²) < 4.78 is 5.44. The molecule has 134 valence electrons. The molecule has 1 aromatic rings. The number of nitrogens with zero attached hydrogens (tertiary/aromatic N) is 1. The van der Waals surface area contributed by atoms with Crippen LogP contribution in [0.15, 0.2) is 18.2 Å². The van der Waals surface area contributed by atoms with E-state index in [1.807, 2.05) is 0 Å². The molecule has 0 aliphatic heterocycles. The minimum absolute atomic E-state index is 0.0666. The van der Waals surface area contributed by atoms with E-state index >= 15 is 0 Å². The smallest absolute Gasteiger partial charge is 0.119 e. The SMILES string of the molecule is C#C[C@@]1(N(C)C)CC[C@H]2[C@H]3CCc4cc(OC)ccc4[C@H]3CC[C@]21C. The molecule has 1 aromatic carbocycles. The van der Waals surface area contributed by atoms with Gasteiger partial charge in [0.05, 0.1) is 12.6 Å². The highest BCUT2D eigenvalue weighted by Crippen LogP contribution is 2.65. The summed E-state index contributed by atoms with van der Waals surface area (Å²) in [5, 5.41) is 0. The van der Waals surface area contributed by atoms with E-state index in [1.54, 1.807) is 12.7 Å². The van der Waals surface area contributed by atoms with Crippen molar-refractivity contribution in [3.8, 4) is 18.1 Å². The molecule has 0 saturated heterocycles. The van der Waals surface area contributed by atoms with Crippen molar-refractivity contribution in [3.63, 3.8) is 0 Å². The first-order valence-electron chi connectivity index (χ1n) is 9.79. The summed E-state index contributed by atoms with van der Waals surface area (Å²) in [6.45, 7) is 2.49. The van der Waals surface area contributed by atoms with Crippen LogP contribution in [-0.4, -0.2) is 31.6 Å². The van der Waals surface area contributed by atoms with Crippen LogP contribution in [0.25, 0.3) is 0 Å². The molecule has 0 spiro atoms. The number of aryl methyl sites for hydroxylation is 1. The summed E-state index contributed by atoms with van der Waals surface area (Å²) in [7, 11) is 6.13. The third kappa shape index (κ3) is 2.15. The van der Waals surface area contributed by atoms with Gasteiger partial charge in [0.2, 0.25) is 0 Å². The van der Waals surface area contributed by atoms with Crippen LogP contribution in [0.4, 0.5) is 0 Å². The fourth-order valence-electron chi connectivity index (χ4n) is 6.80. The van der Waals surface area contributed by atoms with E-state index in [0.717, 1.165) is 24.0 Å². The summed E-state index contributed by atoms with van der Waals surface area (Å²) in [6, 6.07) is 6.75. The second-order valence-corrected chi connectivity index (χ2v) is 8.87. The van der Waals surface area contributed by atoms with Gasteiger partial charge in [-0.3, -0.25) is 4.90 Å². The van der Waals surface area contributed by atoms with Crippen LogP contribution < -0.4 is 4.74 Å². The molecule has 2 saturated carbocycles. The first-order chi connectivity index (χ1) is 12.0. The zero-order valence-electron chi connectivity index (χ0n) is 16.1. The lowest BCUT2D eigenvalue weighted by atomic mass is 9.52. The second kappa shape index (κ2) is 5.78. The van der Waals surface area contributed by atoms with Crippen molar-refractivity contribution in [1.82, 2.24) is 4.90 Å². The van der Waals surface area contributed by atoms with Gasteiger partial charge < -0.3 is 4.74 Å². The van der Waals surface area contributed by atoms with E-state index in [0.29, 0.717) is 5.92 Å². The highest BCUT2D eigenvalue weighted by atomic mass is 16.5. The Morgan fingerprint density at radius 2 is 2.00 bits per heavy atom. The summed E-state index contributed by atoms with van der Waals surface area (Å²) in [5.74, 6) is 6.50. The van der Waals surface area contributed by atoms with E-state index < -0.39 is 0 Å². The van der Waals surface area contributed by atoms with Crippen molar-refractivity contribution in [2.45, 2.75) is 56.9 Å². The molecule has 25 heavy (non-hydrogen) atoms. The fraction of sp³-hybridized carbons (Fsp3) is 0.652. The summed E-state index contributed by atoms with van der Waals surface area (Å²) >= 11 is 0. The third-order valence-electron chi connectivity index (χ3n) is 8.09. The second-order valence-electron chi connectivity index (χ2n) is 8.87. The van der Waals surface area contributed by atoms with Crippen LogP contribution >= 0.6 is 0 Å². The van der Waals surface area contributed by atoms with E-state index in [1.165, 1.54) is 37.7 Å². The maximum atomic E-state index is 6.13. The topological polar surface area (TPSA) is 12.5 Å². The van der Waals surface area contributed by atoms with Gasteiger partial charge in [0.25, 0.3) is 0 Å². The number of hydrogen-bond acceptors (Lipinski definition) is 2. The van der Waals surface area contributed by atoms with E-state index in [2.05, 4.69) is 50.0 Å². The zero-order chi connectivity index (χ0) is 17.8. The molecule has 3 aliphatic carbocycles. The minimum Gasteiger partial charge on any atom is -0.497 e. The average molecular weight is 338 g/mol. The maximum Gasteiger partial charge on any atom is 0.119 e. The maximum absolute atomic E-state index is 6.13. The van der Waals surface area contributed by atoms with E-state index in [-0.39, 0.29) is 11.0 Å². The summed E-state index contributed by atoms with van der Waals surface area (Å²) in [4.78, 5) is 2.34. The predicted octanol–water partition coefficient (Wildman–Crippen LogP) is 4.48. The van der Waals surface area contributed by atoms with Crippen molar-refractivity contribution in [2.24, 2.45) is 17.3 Å². The Kier molecular flexibility index (Phi) is 3.92. The molecule has 5 atom stereocenters. The van der Waals surface area contributed by atoms with E-state index in [4.69, 9.17) is 11.2 Å². The third-order valence-corrected chi connectivity index (χ3v) is 8.09. The Morgan fingerprint density at radius 1 is 1.20 bits per heavy atom. The zero-order valence-corrected chi connectivity index (χ0v) is 16.1. The Bertz CT molecular complexity index is 717.